The third-order valence-corrected chi connectivity index (χ3v) is 2.50. The van der Waals surface area contributed by atoms with E-state index >= 15 is 0 Å². The van der Waals surface area contributed by atoms with Crippen molar-refractivity contribution in [3.63, 3.8) is 0 Å². The van der Waals surface area contributed by atoms with Crippen molar-refractivity contribution >= 4 is 5.97 Å². The fraction of sp³-hybridized carbons (Fsp3) is 0.636. The maximum Gasteiger partial charge on any atom is 0.306 e. The molecular formula is C11H19N3O2. The summed E-state index contributed by atoms with van der Waals surface area (Å²) in [6.45, 7) is 3.40. The van der Waals surface area contributed by atoms with E-state index in [1.165, 1.54) is 7.11 Å². The van der Waals surface area contributed by atoms with Crippen molar-refractivity contribution in [2.45, 2.75) is 32.2 Å². The molecule has 0 saturated carbocycles. The second-order valence-corrected chi connectivity index (χ2v) is 3.75. The highest BCUT2D eigenvalue weighted by Crippen LogP contribution is 2.18. The van der Waals surface area contributed by atoms with Crippen molar-refractivity contribution < 1.29 is 9.53 Å². The molecule has 1 unspecified atom stereocenters. The lowest BCUT2D eigenvalue weighted by Crippen LogP contribution is -2.16. The number of rotatable bonds is 6. The Morgan fingerprint density at radius 1 is 1.69 bits per heavy atom. The topological polar surface area (TPSA) is 70.1 Å². The average molecular weight is 225 g/mol. The Morgan fingerprint density at radius 2 is 2.44 bits per heavy atom. The van der Waals surface area contributed by atoms with Crippen molar-refractivity contribution in [3.8, 4) is 0 Å². The first-order chi connectivity index (χ1) is 7.71. The lowest BCUT2D eigenvalue weighted by molar-refractivity contribution is -0.141. The Kier molecular flexibility index (Phi) is 4.98. The largest absolute Gasteiger partial charge is 0.469 e. The van der Waals surface area contributed by atoms with Crippen LogP contribution in [0, 0.1) is 0 Å². The van der Waals surface area contributed by atoms with Crippen LogP contribution in [0.15, 0.2) is 12.4 Å². The molecule has 90 valence electrons. The van der Waals surface area contributed by atoms with Gasteiger partial charge in [-0.25, -0.2) is 0 Å². The average Bonchev–Trinajstić information content (AvgIpc) is 2.74. The Labute approximate surface area is 95.6 Å². The summed E-state index contributed by atoms with van der Waals surface area (Å²) in [7, 11) is 1.39. The van der Waals surface area contributed by atoms with Gasteiger partial charge in [-0.2, -0.15) is 5.10 Å². The minimum Gasteiger partial charge on any atom is -0.469 e. The number of carbonyl (C=O) groups is 1. The van der Waals surface area contributed by atoms with Crippen LogP contribution in [0.4, 0.5) is 0 Å². The van der Waals surface area contributed by atoms with Crippen LogP contribution >= 0.6 is 0 Å². The van der Waals surface area contributed by atoms with Gasteiger partial charge in [-0.15, -0.1) is 0 Å². The number of aryl methyl sites for hydroxylation is 1. The van der Waals surface area contributed by atoms with Crippen LogP contribution in [0.5, 0.6) is 0 Å². The Bertz CT molecular complexity index is 336. The van der Waals surface area contributed by atoms with E-state index in [0.717, 1.165) is 18.5 Å². The van der Waals surface area contributed by atoms with Crippen LogP contribution in [0.2, 0.25) is 0 Å². The SMILES string of the molecule is CCCn1cc(C(CN)CC(=O)OC)cn1. The van der Waals surface area contributed by atoms with Crippen LogP contribution in [0.3, 0.4) is 0 Å². The van der Waals surface area contributed by atoms with Gasteiger partial charge in [0.2, 0.25) is 0 Å². The van der Waals surface area contributed by atoms with Gasteiger partial charge in [-0.1, -0.05) is 6.92 Å². The first kappa shape index (κ1) is 12.7. The molecule has 2 N–H and O–H groups in total. The van der Waals surface area contributed by atoms with E-state index in [0.29, 0.717) is 13.0 Å². The number of ether oxygens (including phenoxy) is 1. The van der Waals surface area contributed by atoms with Crippen LogP contribution in [-0.2, 0) is 16.1 Å². The zero-order valence-corrected chi connectivity index (χ0v) is 9.85. The number of aromatic nitrogens is 2. The van der Waals surface area contributed by atoms with E-state index in [9.17, 15) is 4.79 Å². The van der Waals surface area contributed by atoms with Gasteiger partial charge < -0.3 is 10.5 Å². The summed E-state index contributed by atoms with van der Waals surface area (Å²) in [4.78, 5) is 11.2. The molecule has 5 nitrogen and oxygen atoms in total. The van der Waals surface area contributed by atoms with Crippen molar-refractivity contribution in [1.29, 1.82) is 0 Å². The normalized spacial score (nSPS) is 12.4. The highest BCUT2D eigenvalue weighted by molar-refractivity contribution is 5.70. The number of esters is 1. The molecule has 0 aliphatic carbocycles. The summed E-state index contributed by atoms with van der Waals surface area (Å²) >= 11 is 0. The summed E-state index contributed by atoms with van der Waals surface area (Å²) in [5.41, 5.74) is 6.65. The molecule has 0 fully saturated rings. The first-order valence-corrected chi connectivity index (χ1v) is 5.50. The molecular weight excluding hydrogens is 206 g/mol. The number of hydrogen-bond donors (Lipinski definition) is 1. The number of carbonyl (C=O) groups excluding carboxylic acids is 1. The van der Waals surface area contributed by atoms with E-state index in [-0.39, 0.29) is 11.9 Å². The predicted molar refractivity (Wildman–Crippen MR) is 60.9 cm³/mol. The number of nitrogens with two attached hydrogens (primary N) is 1. The van der Waals surface area contributed by atoms with E-state index < -0.39 is 0 Å². The minimum absolute atomic E-state index is 0.00180. The molecule has 1 aromatic heterocycles. The molecule has 16 heavy (non-hydrogen) atoms. The molecule has 0 aromatic carbocycles. The highest BCUT2D eigenvalue weighted by atomic mass is 16.5. The number of methoxy groups -OCH3 is 1. The lowest BCUT2D eigenvalue weighted by Gasteiger charge is -2.10. The monoisotopic (exact) mass is 225 g/mol. The fourth-order valence-corrected chi connectivity index (χ4v) is 1.56. The summed E-state index contributed by atoms with van der Waals surface area (Å²) in [6.07, 6.45) is 5.07. The van der Waals surface area contributed by atoms with E-state index in [1.807, 2.05) is 10.9 Å². The maximum atomic E-state index is 11.2. The summed E-state index contributed by atoms with van der Waals surface area (Å²) < 4.78 is 6.51. The molecule has 0 aliphatic heterocycles. The third kappa shape index (κ3) is 3.34. The van der Waals surface area contributed by atoms with Crippen LogP contribution < -0.4 is 5.73 Å². The van der Waals surface area contributed by atoms with Gasteiger partial charge in [0, 0.05) is 18.7 Å². The van der Waals surface area contributed by atoms with Crippen molar-refractivity contribution in [3.05, 3.63) is 18.0 Å². The fourth-order valence-electron chi connectivity index (χ4n) is 1.56. The molecule has 1 atom stereocenters. The van der Waals surface area contributed by atoms with Gasteiger partial charge in [0.25, 0.3) is 0 Å². The molecule has 1 heterocycles. The second-order valence-electron chi connectivity index (χ2n) is 3.75. The minimum atomic E-state index is -0.237. The Hall–Kier alpha value is -1.36. The standard InChI is InChI=1S/C11H19N3O2/c1-3-4-14-8-10(7-13-14)9(6-12)5-11(15)16-2/h7-9H,3-6,12H2,1-2H3. The van der Waals surface area contributed by atoms with Crippen molar-refractivity contribution in [1.82, 2.24) is 9.78 Å². The Balaban J connectivity index is 2.67. The predicted octanol–water partition coefficient (Wildman–Crippen LogP) is 0.898. The van der Waals surface area contributed by atoms with Crippen LogP contribution in [-0.4, -0.2) is 29.4 Å². The quantitative estimate of drug-likeness (QED) is 0.730. The molecule has 0 aliphatic rings. The Morgan fingerprint density at radius 3 is 3.00 bits per heavy atom. The number of hydrogen-bond acceptors (Lipinski definition) is 4. The molecule has 0 amide bonds. The molecule has 1 rings (SSSR count). The van der Waals surface area contributed by atoms with Gasteiger partial charge in [0.05, 0.1) is 19.7 Å². The third-order valence-electron chi connectivity index (χ3n) is 2.50. The van der Waals surface area contributed by atoms with E-state index in [4.69, 9.17) is 5.73 Å². The van der Waals surface area contributed by atoms with Gasteiger partial charge in [-0.3, -0.25) is 9.48 Å². The van der Waals surface area contributed by atoms with Crippen molar-refractivity contribution in [2.75, 3.05) is 13.7 Å². The van der Waals surface area contributed by atoms with Crippen LogP contribution in [0.25, 0.3) is 0 Å². The van der Waals surface area contributed by atoms with E-state index in [2.05, 4.69) is 16.8 Å². The molecule has 5 heteroatoms. The zero-order chi connectivity index (χ0) is 12.0. The zero-order valence-electron chi connectivity index (χ0n) is 9.85. The molecule has 0 spiro atoms. The van der Waals surface area contributed by atoms with E-state index in [1.54, 1.807) is 6.20 Å². The van der Waals surface area contributed by atoms with Crippen LogP contribution in [0.1, 0.15) is 31.2 Å². The summed E-state index contributed by atoms with van der Waals surface area (Å²) in [6, 6.07) is 0. The van der Waals surface area contributed by atoms with Crippen molar-refractivity contribution in [2.24, 2.45) is 5.73 Å². The summed E-state index contributed by atoms with van der Waals surface area (Å²) in [5, 5.41) is 4.22. The first-order valence-electron chi connectivity index (χ1n) is 5.50. The molecule has 0 bridgehead atoms. The van der Waals surface area contributed by atoms with Gasteiger partial charge in [0.15, 0.2) is 0 Å². The van der Waals surface area contributed by atoms with Gasteiger partial charge in [-0.05, 0) is 18.5 Å². The van der Waals surface area contributed by atoms with Gasteiger partial charge >= 0.3 is 5.97 Å². The highest BCUT2D eigenvalue weighted by Gasteiger charge is 2.16. The molecule has 0 radical (unpaired) electrons. The summed E-state index contributed by atoms with van der Waals surface area (Å²) in [5.74, 6) is -0.239. The molecule has 1 aromatic rings. The number of nitrogens with zero attached hydrogens (tertiary/aromatic N) is 2. The van der Waals surface area contributed by atoms with Gasteiger partial charge in [0.1, 0.15) is 0 Å². The maximum absolute atomic E-state index is 11.2. The second kappa shape index (κ2) is 6.27. The molecule has 0 saturated heterocycles. The lowest BCUT2D eigenvalue weighted by atomic mass is 9.99. The smallest absolute Gasteiger partial charge is 0.306 e.